The smallest absolute Gasteiger partial charge is 0.310 e. The lowest BCUT2D eigenvalue weighted by Crippen LogP contribution is -2.52. The summed E-state index contributed by atoms with van der Waals surface area (Å²) in [5, 5.41) is 0. The molecule has 17 heavy (non-hydrogen) atoms. The van der Waals surface area contributed by atoms with Crippen molar-refractivity contribution in [2.24, 2.45) is 17.8 Å². The third-order valence-electron chi connectivity index (χ3n) is 4.24. The minimum Gasteiger partial charge on any atom is -0.466 e. The number of esters is 1. The second-order valence-electron chi connectivity index (χ2n) is 5.13. The number of ketones is 1. The van der Waals surface area contributed by atoms with Crippen LogP contribution in [0.5, 0.6) is 0 Å². The Hall–Kier alpha value is -1.16. The zero-order valence-corrected chi connectivity index (χ0v) is 10.1. The van der Waals surface area contributed by atoms with E-state index in [9.17, 15) is 9.59 Å². The van der Waals surface area contributed by atoms with Crippen LogP contribution in [-0.4, -0.2) is 30.6 Å². The van der Waals surface area contributed by atoms with Gasteiger partial charge in [-0.1, -0.05) is 11.6 Å². The lowest BCUT2D eigenvalue weighted by molar-refractivity contribution is -0.156. The lowest BCUT2D eigenvalue weighted by atomic mass is 9.60. The number of ether oxygens (including phenoxy) is 2. The van der Waals surface area contributed by atoms with E-state index in [0.717, 1.165) is 0 Å². The third-order valence-corrected chi connectivity index (χ3v) is 4.24. The topological polar surface area (TPSA) is 55.9 Å². The zero-order valence-electron chi connectivity index (χ0n) is 10.1. The third kappa shape index (κ3) is 1.33. The molecule has 0 aromatic rings. The maximum atomic E-state index is 12.3. The van der Waals surface area contributed by atoms with Crippen LogP contribution in [0.15, 0.2) is 11.6 Å². The van der Waals surface area contributed by atoms with Crippen molar-refractivity contribution in [2.45, 2.75) is 25.9 Å². The van der Waals surface area contributed by atoms with Gasteiger partial charge in [0.2, 0.25) is 0 Å². The van der Waals surface area contributed by atoms with E-state index in [2.05, 4.69) is 0 Å². The van der Waals surface area contributed by atoms with Crippen molar-refractivity contribution in [1.29, 1.82) is 0 Å². The Labute approximate surface area is 100.0 Å². The van der Waals surface area contributed by atoms with Crippen molar-refractivity contribution in [3.63, 3.8) is 0 Å². The highest BCUT2D eigenvalue weighted by Crippen LogP contribution is 2.55. The molecule has 2 fully saturated rings. The Bertz CT molecular complexity index is 419. The number of epoxide rings is 1. The molecule has 0 aromatic heterocycles. The van der Waals surface area contributed by atoms with Crippen molar-refractivity contribution in [1.82, 2.24) is 0 Å². The van der Waals surface area contributed by atoms with Crippen molar-refractivity contribution in [2.75, 3.05) is 13.2 Å². The normalized spacial score (nSPS) is 42.6. The van der Waals surface area contributed by atoms with Crippen LogP contribution in [-0.2, 0) is 19.1 Å². The van der Waals surface area contributed by atoms with Crippen LogP contribution >= 0.6 is 0 Å². The van der Waals surface area contributed by atoms with Crippen LogP contribution in [0, 0.1) is 17.8 Å². The van der Waals surface area contributed by atoms with Crippen LogP contribution in [0.3, 0.4) is 0 Å². The quantitative estimate of drug-likeness (QED) is 0.409. The molecule has 0 amide bonds. The molecule has 4 heteroatoms. The summed E-state index contributed by atoms with van der Waals surface area (Å²) in [5.74, 6) is -0.713. The van der Waals surface area contributed by atoms with Crippen molar-refractivity contribution in [3.8, 4) is 0 Å². The highest BCUT2D eigenvalue weighted by atomic mass is 16.6. The number of fused-ring (bicyclic) bond motifs is 1. The lowest BCUT2D eigenvalue weighted by Gasteiger charge is -2.42. The van der Waals surface area contributed by atoms with Gasteiger partial charge in [-0.05, 0) is 20.3 Å². The predicted molar refractivity (Wildman–Crippen MR) is 59.2 cm³/mol. The number of hydrogen-bond donors (Lipinski definition) is 0. The van der Waals surface area contributed by atoms with Crippen LogP contribution in [0.1, 0.15) is 20.3 Å². The molecule has 0 radical (unpaired) electrons. The first-order valence-corrected chi connectivity index (χ1v) is 6.13. The summed E-state index contributed by atoms with van der Waals surface area (Å²) in [7, 11) is 0. The number of carbonyl (C=O) groups is 2. The first kappa shape index (κ1) is 11.0. The molecule has 92 valence electrons. The molecule has 1 saturated carbocycles. The summed E-state index contributed by atoms with van der Waals surface area (Å²) in [6.07, 6.45) is 2.63. The number of hydrogen-bond acceptors (Lipinski definition) is 4. The Kier molecular flexibility index (Phi) is 2.20. The second-order valence-corrected chi connectivity index (χ2v) is 5.13. The maximum Gasteiger partial charge on any atom is 0.310 e. The Balaban J connectivity index is 1.91. The molecule has 4 aliphatic rings. The molecule has 1 aliphatic heterocycles. The molecule has 0 aromatic carbocycles. The van der Waals surface area contributed by atoms with Crippen molar-refractivity contribution >= 4 is 11.8 Å². The summed E-state index contributed by atoms with van der Waals surface area (Å²) >= 11 is 0. The first-order chi connectivity index (χ1) is 8.10. The molecule has 2 bridgehead atoms. The molecule has 0 N–H and O–H groups in total. The summed E-state index contributed by atoms with van der Waals surface area (Å²) in [6, 6.07) is 0. The minimum absolute atomic E-state index is 0.0782. The van der Waals surface area contributed by atoms with Gasteiger partial charge in [0.05, 0.1) is 25.0 Å². The molecular weight excluding hydrogens is 220 g/mol. The molecule has 1 saturated heterocycles. The SMILES string of the molecule is CCOC(=O)[C@H]1C[C@H]2C(C)=C[C@@H]1C(=O)[C@]21CO1. The number of allylic oxidation sites excluding steroid dienone is 1. The highest BCUT2D eigenvalue weighted by Gasteiger charge is 2.66. The fourth-order valence-corrected chi connectivity index (χ4v) is 3.29. The van der Waals surface area contributed by atoms with Gasteiger partial charge >= 0.3 is 5.97 Å². The highest BCUT2D eigenvalue weighted by molar-refractivity contribution is 5.99. The van der Waals surface area contributed by atoms with Gasteiger partial charge in [-0.2, -0.15) is 0 Å². The van der Waals surface area contributed by atoms with Gasteiger partial charge in [0.25, 0.3) is 0 Å². The Morgan fingerprint density at radius 1 is 1.65 bits per heavy atom. The average Bonchev–Trinajstić information content (AvgIpc) is 3.07. The molecule has 4 rings (SSSR count). The molecule has 1 spiro atoms. The average molecular weight is 236 g/mol. The van der Waals surface area contributed by atoms with E-state index in [1.54, 1.807) is 6.92 Å². The fraction of sp³-hybridized carbons (Fsp3) is 0.692. The van der Waals surface area contributed by atoms with E-state index in [4.69, 9.17) is 9.47 Å². The largest absolute Gasteiger partial charge is 0.466 e. The Morgan fingerprint density at radius 2 is 2.35 bits per heavy atom. The first-order valence-electron chi connectivity index (χ1n) is 6.13. The molecule has 3 aliphatic carbocycles. The van der Waals surface area contributed by atoms with E-state index < -0.39 is 5.60 Å². The summed E-state index contributed by atoms with van der Waals surface area (Å²) in [6.45, 7) is 4.70. The minimum atomic E-state index is -0.577. The van der Waals surface area contributed by atoms with Crippen molar-refractivity contribution < 1.29 is 19.1 Å². The van der Waals surface area contributed by atoms with E-state index in [0.29, 0.717) is 19.6 Å². The summed E-state index contributed by atoms with van der Waals surface area (Å²) in [4.78, 5) is 24.1. The van der Waals surface area contributed by atoms with Crippen LogP contribution in [0.4, 0.5) is 0 Å². The monoisotopic (exact) mass is 236 g/mol. The Morgan fingerprint density at radius 3 is 2.94 bits per heavy atom. The second kappa shape index (κ2) is 3.42. The van der Waals surface area contributed by atoms with Crippen LogP contribution in [0.2, 0.25) is 0 Å². The standard InChI is InChI=1S/C13H16O4/c1-3-16-12(15)9-5-10-7(2)4-8(9)11(14)13(10)6-17-13/h4,8-10H,3,5-6H2,1-2H3/t8-,9-,10-,13-/m0/s1. The van der Waals surface area contributed by atoms with Gasteiger partial charge in [-0.25, -0.2) is 0 Å². The van der Waals surface area contributed by atoms with Gasteiger partial charge in [0, 0.05) is 5.92 Å². The van der Waals surface area contributed by atoms with Gasteiger partial charge in [0.15, 0.2) is 11.4 Å². The molecule has 4 nitrogen and oxygen atoms in total. The fourth-order valence-electron chi connectivity index (χ4n) is 3.29. The molecule has 0 unspecified atom stereocenters. The van der Waals surface area contributed by atoms with Crippen LogP contribution in [0.25, 0.3) is 0 Å². The van der Waals surface area contributed by atoms with E-state index in [-0.39, 0.29) is 29.5 Å². The van der Waals surface area contributed by atoms with E-state index >= 15 is 0 Å². The predicted octanol–water partition coefficient (Wildman–Crippen LogP) is 1.10. The number of Topliss-reactive ketones (excluding diaryl/α,β-unsaturated/α-hetero) is 1. The van der Waals surface area contributed by atoms with Gasteiger partial charge in [-0.15, -0.1) is 0 Å². The van der Waals surface area contributed by atoms with Gasteiger partial charge < -0.3 is 9.47 Å². The number of rotatable bonds is 2. The van der Waals surface area contributed by atoms with Crippen LogP contribution < -0.4 is 0 Å². The molecule has 4 atom stereocenters. The van der Waals surface area contributed by atoms with Gasteiger partial charge in [-0.3, -0.25) is 9.59 Å². The number of carbonyl (C=O) groups excluding carboxylic acids is 2. The van der Waals surface area contributed by atoms with Crippen molar-refractivity contribution in [3.05, 3.63) is 11.6 Å². The summed E-state index contributed by atoms with van der Waals surface area (Å²) in [5.41, 5.74) is 0.611. The molecular formula is C13H16O4. The summed E-state index contributed by atoms with van der Waals surface area (Å²) < 4.78 is 10.4. The maximum absolute atomic E-state index is 12.3. The zero-order chi connectivity index (χ0) is 12.2. The van der Waals surface area contributed by atoms with E-state index in [1.807, 2.05) is 13.0 Å². The van der Waals surface area contributed by atoms with Gasteiger partial charge in [0.1, 0.15) is 0 Å². The van der Waals surface area contributed by atoms with E-state index in [1.165, 1.54) is 5.57 Å². The molecule has 1 heterocycles.